The highest BCUT2D eigenvalue weighted by Gasteiger charge is 2.24. The second kappa shape index (κ2) is 8.37. The first kappa shape index (κ1) is 17.8. The Morgan fingerprint density at radius 2 is 2.12 bits per heavy atom. The minimum atomic E-state index is -0.913. The summed E-state index contributed by atoms with van der Waals surface area (Å²) in [7, 11) is 0. The predicted octanol–water partition coefficient (Wildman–Crippen LogP) is 2.38. The number of hydrogen-bond donors (Lipinski definition) is 1. The molecule has 1 aliphatic heterocycles. The molecule has 8 heteroatoms. The molecule has 0 radical (unpaired) electrons. The summed E-state index contributed by atoms with van der Waals surface area (Å²) in [6.07, 6.45) is 3.94. The van der Waals surface area contributed by atoms with Gasteiger partial charge in [-0.3, -0.25) is 4.98 Å². The summed E-state index contributed by atoms with van der Waals surface area (Å²) in [6.45, 7) is 4.00. The van der Waals surface area contributed by atoms with Crippen LogP contribution in [0.4, 0.5) is 10.6 Å². The van der Waals surface area contributed by atoms with Crippen LogP contribution in [0.25, 0.3) is 0 Å². The SMILES string of the molecule is CCOc1ccccc1O[C@@H]1CCCN(c2cncc(OC(N)=O)n2)C1. The van der Waals surface area contributed by atoms with Crippen LogP contribution in [0.3, 0.4) is 0 Å². The van der Waals surface area contributed by atoms with Crippen LogP contribution in [0.15, 0.2) is 36.7 Å². The van der Waals surface area contributed by atoms with Gasteiger partial charge in [-0.05, 0) is 31.9 Å². The summed E-state index contributed by atoms with van der Waals surface area (Å²) in [5.74, 6) is 2.18. The van der Waals surface area contributed by atoms with E-state index >= 15 is 0 Å². The number of nitrogens with two attached hydrogens (primary N) is 1. The van der Waals surface area contributed by atoms with Crippen molar-refractivity contribution >= 4 is 11.9 Å². The summed E-state index contributed by atoms with van der Waals surface area (Å²) in [4.78, 5) is 21.3. The van der Waals surface area contributed by atoms with Crippen LogP contribution >= 0.6 is 0 Å². The summed E-state index contributed by atoms with van der Waals surface area (Å²) in [5, 5.41) is 0. The summed E-state index contributed by atoms with van der Waals surface area (Å²) >= 11 is 0. The Hall–Kier alpha value is -3.03. The molecule has 138 valence electrons. The lowest BCUT2D eigenvalue weighted by molar-refractivity contribution is 0.169. The smallest absolute Gasteiger partial charge is 0.411 e. The Kier molecular flexibility index (Phi) is 5.73. The van der Waals surface area contributed by atoms with E-state index in [4.69, 9.17) is 19.9 Å². The maximum absolute atomic E-state index is 10.9. The lowest BCUT2D eigenvalue weighted by Crippen LogP contribution is -2.41. The van der Waals surface area contributed by atoms with E-state index in [0.29, 0.717) is 19.0 Å². The van der Waals surface area contributed by atoms with Crippen LogP contribution in [-0.4, -0.2) is 41.9 Å². The first-order chi connectivity index (χ1) is 12.7. The van der Waals surface area contributed by atoms with E-state index in [1.54, 1.807) is 6.20 Å². The highest BCUT2D eigenvalue weighted by Crippen LogP contribution is 2.29. The average Bonchev–Trinajstić information content (AvgIpc) is 2.63. The zero-order valence-corrected chi connectivity index (χ0v) is 14.6. The third-order valence-corrected chi connectivity index (χ3v) is 3.95. The van der Waals surface area contributed by atoms with Gasteiger partial charge in [-0.2, -0.15) is 4.98 Å². The Bertz CT molecular complexity index is 755. The van der Waals surface area contributed by atoms with Crippen molar-refractivity contribution in [2.75, 3.05) is 24.6 Å². The number of carbonyl (C=O) groups is 1. The topological polar surface area (TPSA) is 99.8 Å². The number of carbonyl (C=O) groups excluding carboxylic acids is 1. The summed E-state index contributed by atoms with van der Waals surface area (Å²) in [6, 6.07) is 7.65. The molecule has 1 atom stereocenters. The second-order valence-corrected chi connectivity index (χ2v) is 5.84. The quantitative estimate of drug-likeness (QED) is 0.846. The van der Waals surface area contributed by atoms with Crippen molar-refractivity contribution in [3.63, 3.8) is 0 Å². The van der Waals surface area contributed by atoms with Crippen LogP contribution < -0.4 is 24.8 Å². The molecule has 0 spiro atoms. The molecule has 0 aliphatic carbocycles. The standard InChI is InChI=1S/C18H22N4O4/c1-2-24-14-7-3-4-8-15(14)25-13-6-5-9-22(12-13)16-10-20-11-17(21-16)26-18(19)23/h3-4,7-8,10-11,13H,2,5-6,9,12H2,1H3,(H2,19,23)/t13-/m1/s1. The van der Waals surface area contributed by atoms with Crippen molar-refractivity contribution in [1.82, 2.24) is 9.97 Å². The fourth-order valence-electron chi connectivity index (χ4n) is 2.89. The van der Waals surface area contributed by atoms with Crippen molar-refractivity contribution in [3.8, 4) is 17.4 Å². The molecule has 26 heavy (non-hydrogen) atoms. The molecule has 1 aliphatic rings. The molecule has 0 unspecified atom stereocenters. The maximum atomic E-state index is 10.9. The number of aromatic nitrogens is 2. The van der Waals surface area contributed by atoms with Crippen LogP contribution in [-0.2, 0) is 0 Å². The number of anilines is 1. The molecular formula is C18H22N4O4. The van der Waals surface area contributed by atoms with Gasteiger partial charge in [0.25, 0.3) is 0 Å². The number of piperidine rings is 1. The van der Waals surface area contributed by atoms with Gasteiger partial charge in [-0.15, -0.1) is 0 Å². The van der Waals surface area contributed by atoms with Crippen LogP contribution in [0.5, 0.6) is 17.4 Å². The number of hydrogen-bond acceptors (Lipinski definition) is 7. The molecule has 2 N–H and O–H groups in total. The molecule has 1 amide bonds. The molecular weight excluding hydrogens is 336 g/mol. The van der Waals surface area contributed by atoms with Gasteiger partial charge in [-0.1, -0.05) is 12.1 Å². The monoisotopic (exact) mass is 358 g/mol. The van der Waals surface area contributed by atoms with Crippen LogP contribution in [0.1, 0.15) is 19.8 Å². The van der Waals surface area contributed by atoms with Gasteiger partial charge in [0.2, 0.25) is 5.88 Å². The molecule has 1 aromatic heterocycles. The van der Waals surface area contributed by atoms with Gasteiger partial charge in [0, 0.05) is 6.54 Å². The third kappa shape index (κ3) is 4.53. The number of para-hydroxylation sites is 2. The van der Waals surface area contributed by atoms with Crippen LogP contribution in [0.2, 0.25) is 0 Å². The second-order valence-electron chi connectivity index (χ2n) is 5.84. The lowest BCUT2D eigenvalue weighted by atomic mass is 10.1. The van der Waals surface area contributed by atoms with E-state index in [0.717, 1.165) is 30.9 Å². The molecule has 3 rings (SSSR count). The van der Waals surface area contributed by atoms with Gasteiger partial charge >= 0.3 is 6.09 Å². The van der Waals surface area contributed by atoms with Crippen molar-refractivity contribution < 1.29 is 19.0 Å². The summed E-state index contributed by atoms with van der Waals surface area (Å²) in [5.41, 5.74) is 5.03. The number of ether oxygens (including phenoxy) is 3. The third-order valence-electron chi connectivity index (χ3n) is 3.95. The van der Waals surface area contributed by atoms with Crippen molar-refractivity contribution in [2.45, 2.75) is 25.9 Å². The molecule has 2 aromatic rings. The Labute approximate surface area is 151 Å². The van der Waals surface area contributed by atoms with Gasteiger partial charge in [-0.25, -0.2) is 4.79 Å². The average molecular weight is 358 g/mol. The molecule has 1 saturated heterocycles. The molecule has 1 aromatic carbocycles. The van der Waals surface area contributed by atoms with Gasteiger partial charge in [0.05, 0.1) is 25.5 Å². The number of rotatable bonds is 6. The van der Waals surface area contributed by atoms with E-state index in [2.05, 4.69) is 14.9 Å². The summed E-state index contributed by atoms with van der Waals surface area (Å²) < 4.78 is 16.6. The number of amides is 1. The fourth-order valence-corrected chi connectivity index (χ4v) is 2.89. The van der Waals surface area contributed by atoms with Crippen molar-refractivity contribution in [2.24, 2.45) is 5.73 Å². The van der Waals surface area contributed by atoms with Crippen LogP contribution in [0, 0.1) is 0 Å². The highest BCUT2D eigenvalue weighted by atomic mass is 16.6. The van der Waals surface area contributed by atoms with Crippen molar-refractivity contribution in [1.29, 1.82) is 0 Å². The predicted molar refractivity (Wildman–Crippen MR) is 95.7 cm³/mol. The largest absolute Gasteiger partial charge is 0.490 e. The first-order valence-corrected chi connectivity index (χ1v) is 8.58. The van der Waals surface area contributed by atoms with Crippen molar-refractivity contribution in [3.05, 3.63) is 36.7 Å². The molecule has 0 bridgehead atoms. The zero-order valence-electron chi connectivity index (χ0n) is 14.6. The normalized spacial score (nSPS) is 16.8. The minimum absolute atomic E-state index is 0.00660. The number of benzene rings is 1. The Balaban J connectivity index is 1.69. The van der Waals surface area contributed by atoms with E-state index in [1.807, 2.05) is 31.2 Å². The Morgan fingerprint density at radius 3 is 2.88 bits per heavy atom. The van der Waals surface area contributed by atoms with E-state index in [1.165, 1.54) is 6.20 Å². The zero-order chi connectivity index (χ0) is 18.4. The highest BCUT2D eigenvalue weighted by molar-refractivity contribution is 5.67. The molecule has 0 saturated carbocycles. The lowest BCUT2D eigenvalue weighted by Gasteiger charge is -2.33. The number of nitrogens with zero attached hydrogens (tertiary/aromatic N) is 3. The van der Waals surface area contributed by atoms with E-state index in [-0.39, 0.29) is 12.0 Å². The molecule has 2 heterocycles. The van der Waals surface area contributed by atoms with Gasteiger partial charge < -0.3 is 24.8 Å². The van der Waals surface area contributed by atoms with Gasteiger partial charge in [0.15, 0.2) is 17.3 Å². The maximum Gasteiger partial charge on any atom is 0.411 e. The Morgan fingerprint density at radius 1 is 1.31 bits per heavy atom. The molecule has 8 nitrogen and oxygen atoms in total. The fraction of sp³-hybridized carbons (Fsp3) is 0.389. The first-order valence-electron chi connectivity index (χ1n) is 8.58. The number of primary amides is 1. The van der Waals surface area contributed by atoms with E-state index in [9.17, 15) is 4.79 Å². The van der Waals surface area contributed by atoms with Gasteiger partial charge in [0.1, 0.15) is 6.10 Å². The van der Waals surface area contributed by atoms with E-state index < -0.39 is 6.09 Å². The minimum Gasteiger partial charge on any atom is -0.490 e. The molecule has 1 fully saturated rings.